The molecule has 1 fully saturated rings. The van der Waals surface area contributed by atoms with Crippen LogP contribution in [0.3, 0.4) is 0 Å². The fourth-order valence-corrected chi connectivity index (χ4v) is 2.20. The molecule has 0 spiro atoms. The quantitative estimate of drug-likeness (QED) is 0.852. The van der Waals surface area contributed by atoms with Crippen LogP contribution in [0.15, 0.2) is 18.5 Å². The number of hydrogen-bond donors (Lipinski definition) is 1. The topological polar surface area (TPSA) is 71.9 Å². The summed E-state index contributed by atoms with van der Waals surface area (Å²) in [6, 6.07) is 1.63. The Bertz CT molecular complexity index is 452. The van der Waals surface area contributed by atoms with Gasteiger partial charge in [-0.05, 0) is 13.0 Å². The molecule has 1 N–H and O–H groups in total. The molecule has 0 bridgehead atoms. The van der Waals surface area contributed by atoms with Gasteiger partial charge in [-0.1, -0.05) is 0 Å². The van der Waals surface area contributed by atoms with E-state index in [4.69, 9.17) is 9.47 Å². The molecule has 1 aliphatic rings. The Labute approximate surface area is 112 Å². The predicted molar refractivity (Wildman–Crippen MR) is 68.1 cm³/mol. The summed E-state index contributed by atoms with van der Waals surface area (Å²) in [7, 11) is 1.51. The van der Waals surface area contributed by atoms with Crippen LogP contribution in [0.25, 0.3) is 0 Å². The number of carbonyl (C=O) groups excluding carboxylic acids is 1. The van der Waals surface area contributed by atoms with E-state index in [0.717, 1.165) is 0 Å². The zero-order valence-corrected chi connectivity index (χ0v) is 11.1. The normalized spacial score (nSPS) is 23.2. The lowest BCUT2D eigenvalue weighted by Crippen LogP contribution is -2.50. The third kappa shape index (κ3) is 3.02. The smallest absolute Gasteiger partial charge is 0.257 e. The van der Waals surface area contributed by atoms with Gasteiger partial charge >= 0.3 is 0 Å². The molecule has 1 amide bonds. The average Bonchev–Trinajstić information content (AvgIpc) is 2.45. The van der Waals surface area contributed by atoms with Crippen molar-refractivity contribution >= 4 is 5.91 Å². The van der Waals surface area contributed by atoms with E-state index < -0.39 is 0 Å². The summed E-state index contributed by atoms with van der Waals surface area (Å²) in [6.45, 7) is 2.67. The van der Waals surface area contributed by atoms with Gasteiger partial charge in [0.15, 0.2) is 0 Å². The lowest BCUT2D eigenvalue weighted by Gasteiger charge is -2.36. The molecule has 6 heteroatoms. The highest BCUT2D eigenvalue weighted by Crippen LogP contribution is 2.20. The summed E-state index contributed by atoms with van der Waals surface area (Å²) in [5.74, 6) is 0.319. The van der Waals surface area contributed by atoms with Crippen molar-refractivity contribution in [2.24, 2.45) is 0 Å². The van der Waals surface area contributed by atoms with Gasteiger partial charge in [0, 0.05) is 19.3 Å². The lowest BCUT2D eigenvalue weighted by molar-refractivity contribution is -0.0859. The second-order valence-electron chi connectivity index (χ2n) is 4.54. The van der Waals surface area contributed by atoms with Gasteiger partial charge in [0.05, 0.1) is 37.7 Å². The maximum Gasteiger partial charge on any atom is 0.257 e. The molecule has 1 saturated heterocycles. The van der Waals surface area contributed by atoms with Crippen molar-refractivity contribution in [1.82, 2.24) is 9.88 Å². The van der Waals surface area contributed by atoms with E-state index >= 15 is 0 Å². The molecule has 0 aromatic carbocycles. The van der Waals surface area contributed by atoms with Gasteiger partial charge < -0.3 is 19.5 Å². The third-order valence-electron chi connectivity index (χ3n) is 3.05. The Morgan fingerprint density at radius 2 is 2.42 bits per heavy atom. The Hall–Kier alpha value is -1.66. The highest BCUT2D eigenvalue weighted by Gasteiger charge is 2.29. The number of aliphatic hydroxyl groups is 1. The Morgan fingerprint density at radius 1 is 1.63 bits per heavy atom. The van der Waals surface area contributed by atoms with Crippen LogP contribution in [0, 0.1) is 0 Å². The van der Waals surface area contributed by atoms with E-state index in [9.17, 15) is 9.90 Å². The SMILES string of the molecule is COc1cnccc1C(=O)N1CC(C)OC(CO)C1. The minimum Gasteiger partial charge on any atom is -0.494 e. The lowest BCUT2D eigenvalue weighted by atomic mass is 10.1. The molecule has 2 heterocycles. The number of ether oxygens (including phenoxy) is 2. The number of hydrogen-bond acceptors (Lipinski definition) is 5. The third-order valence-corrected chi connectivity index (χ3v) is 3.05. The molecule has 0 saturated carbocycles. The summed E-state index contributed by atoms with van der Waals surface area (Å²) < 4.78 is 10.7. The van der Waals surface area contributed by atoms with Crippen LogP contribution < -0.4 is 4.74 Å². The fraction of sp³-hybridized carbons (Fsp3) is 0.538. The molecule has 1 aromatic rings. The van der Waals surface area contributed by atoms with Gasteiger partial charge in [-0.25, -0.2) is 0 Å². The second-order valence-corrected chi connectivity index (χ2v) is 4.54. The fourth-order valence-electron chi connectivity index (χ4n) is 2.20. The molecule has 19 heavy (non-hydrogen) atoms. The Kier molecular flexibility index (Phi) is 4.34. The molecule has 2 rings (SSSR count). The van der Waals surface area contributed by atoms with Crippen molar-refractivity contribution < 1.29 is 19.4 Å². The molecule has 2 unspecified atom stereocenters. The molecule has 0 aliphatic carbocycles. The first-order chi connectivity index (χ1) is 9.15. The number of pyridine rings is 1. The minimum atomic E-state index is -0.333. The number of carbonyl (C=O) groups is 1. The highest BCUT2D eigenvalue weighted by atomic mass is 16.5. The van der Waals surface area contributed by atoms with Gasteiger partial charge in [-0.2, -0.15) is 0 Å². The Balaban J connectivity index is 2.18. The van der Waals surface area contributed by atoms with E-state index in [0.29, 0.717) is 24.4 Å². The summed E-state index contributed by atoms with van der Waals surface area (Å²) >= 11 is 0. The van der Waals surface area contributed by atoms with Gasteiger partial charge in [0.2, 0.25) is 0 Å². The van der Waals surface area contributed by atoms with Crippen LogP contribution in [0.4, 0.5) is 0 Å². The van der Waals surface area contributed by atoms with Crippen LogP contribution in [-0.2, 0) is 4.74 Å². The van der Waals surface area contributed by atoms with Crippen LogP contribution in [-0.4, -0.2) is 59.9 Å². The van der Waals surface area contributed by atoms with Crippen molar-refractivity contribution in [2.45, 2.75) is 19.1 Å². The number of methoxy groups -OCH3 is 1. The van der Waals surface area contributed by atoms with E-state index in [1.807, 2.05) is 6.92 Å². The number of morpholine rings is 1. The highest BCUT2D eigenvalue weighted by molar-refractivity contribution is 5.96. The van der Waals surface area contributed by atoms with Crippen LogP contribution >= 0.6 is 0 Å². The molecular weight excluding hydrogens is 248 g/mol. The molecular formula is C13H18N2O4. The van der Waals surface area contributed by atoms with E-state index in [1.54, 1.807) is 17.2 Å². The maximum atomic E-state index is 12.5. The molecule has 1 aliphatic heterocycles. The van der Waals surface area contributed by atoms with Crippen molar-refractivity contribution in [3.8, 4) is 5.75 Å². The van der Waals surface area contributed by atoms with Crippen molar-refractivity contribution in [2.75, 3.05) is 26.8 Å². The van der Waals surface area contributed by atoms with E-state index in [-0.39, 0.29) is 24.7 Å². The van der Waals surface area contributed by atoms with Crippen LogP contribution in [0.1, 0.15) is 17.3 Å². The zero-order chi connectivity index (χ0) is 13.8. The first-order valence-corrected chi connectivity index (χ1v) is 6.19. The van der Waals surface area contributed by atoms with Crippen LogP contribution in [0.5, 0.6) is 5.75 Å². The first kappa shape index (κ1) is 13.8. The second kappa shape index (κ2) is 5.99. The van der Waals surface area contributed by atoms with E-state index in [1.165, 1.54) is 13.3 Å². The maximum absolute atomic E-state index is 12.5. The number of aliphatic hydroxyl groups excluding tert-OH is 1. The first-order valence-electron chi connectivity index (χ1n) is 6.19. The van der Waals surface area contributed by atoms with Crippen molar-refractivity contribution in [1.29, 1.82) is 0 Å². The molecule has 2 atom stereocenters. The largest absolute Gasteiger partial charge is 0.494 e. The monoisotopic (exact) mass is 266 g/mol. The van der Waals surface area contributed by atoms with Gasteiger partial charge in [-0.15, -0.1) is 0 Å². The summed E-state index contributed by atoms with van der Waals surface area (Å²) in [5.41, 5.74) is 0.475. The number of amides is 1. The van der Waals surface area contributed by atoms with Crippen molar-refractivity contribution in [3.63, 3.8) is 0 Å². The van der Waals surface area contributed by atoms with Gasteiger partial charge in [-0.3, -0.25) is 9.78 Å². The summed E-state index contributed by atoms with van der Waals surface area (Å²) in [4.78, 5) is 18.1. The standard InChI is InChI=1S/C13H18N2O4/c1-9-6-15(7-10(8-16)19-9)13(17)11-3-4-14-5-12(11)18-2/h3-5,9-10,16H,6-8H2,1-2H3. The summed E-state index contributed by atoms with van der Waals surface area (Å²) in [5, 5.41) is 9.18. The zero-order valence-electron chi connectivity index (χ0n) is 11.1. The molecule has 0 radical (unpaired) electrons. The van der Waals surface area contributed by atoms with Gasteiger partial charge in [0.1, 0.15) is 5.75 Å². The number of aromatic nitrogens is 1. The number of nitrogens with zero attached hydrogens (tertiary/aromatic N) is 2. The number of rotatable bonds is 3. The average molecular weight is 266 g/mol. The molecule has 6 nitrogen and oxygen atoms in total. The summed E-state index contributed by atoms with van der Waals surface area (Å²) in [6.07, 6.45) is 2.65. The Morgan fingerprint density at radius 3 is 3.11 bits per heavy atom. The van der Waals surface area contributed by atoms with Crippen LogP contribution in [0.2, 0.25) is 0 Å². The molecule has 1 aromatic heterocycles. The van der Waals surface area contributed by atoms with E-state index in [2.05, 4.69) is 4.98 Å². The van der Waals surface area contributed by atoms with Gasteiger partial charge in [0.25, 0.3) is 5.91 Å². The minimum absolute atomic E-state index is 0.0947. The predicted octanol–water partition coefficient (Wildman–Crippen LogP) is 0.312. The molecule has 104 valence electrons. The van der Waals surface area contributed by atoms with Crippen molar-refractivity contribution in [3.05, 3.63) is 24.0 Å².